The summed E-state index contributed by atoms with van der Waals surface area (Å²) >= 11 is 0. The molecule has 1 aromatic heterocycles. The molecule has 0 spiro atoms. The van der Waals surface area contributed by atoms with Crippen LogP contribution in [0, 0.1) is 0 Å². The van der Waals surface area contributed by atoms with E-state index in [0.717, 1.165) is 30.7 Å². The van der Waals surface area contributed by atoms with Crippen molar-refractivity contribution in [3.63, 3.8) is 0 Å². The van der Waals surface area contributed by atoms with Crippen molar-refractivity contribution < 1.29 is 4.79 Å². The molecule has 0 unspecified atom stereocenters. The number of carbonyl (C=O) groups is 1. The van der Waals surface area contributed by atoms with E-state index in [1.54, 1.807) is 0 Å². The van der Waals surface area contributed by atoms with Gasteiger partial charge < -0.3 is 9.47 Å². The van der Waals surface area contributed by atoms with E-state index < -0.39 is 0 Å². The van der Waals surface area contributed by atoms with Crippen LogP contribution in [0.3, 0.4) is 0 Å². The van der Waals surface area contributed by atoms with Crippen molar-refractivity contribution in [1.29, 1.82) is 0 Å². The maximum absolute atomic E-state index is 12.7. The summed E-state index contributed by atoms with van der Waals surface area (Å²) in [6.07, 6.45) is 5.77. The van der Waals surface area contributed by atoms with Crippen LogP contribution in [0.1, 0.15) is 28.0 Å². The summed E-state index contributed by atoms with van der Waals surface area (Å²) < 4.78 is 2.08. The third-order valence-electron chi connectivity index (χ3n) is 3.83. The van der Waals surface area contributed by atoms with E-state index in [9.17, 15) is 4.79 Å². The molecular weight excluding hydrogens is 260 g/mol. The van der Waals surface area contributed by atoms with Gasteiger partial charge in [-0.15, -0.1) is 0 Å². The molecule has 0 radical (unpaired) electrons. The zero-order valence-electron chi connectivity index (χ0n) is 12.5. The first-order chi connectivity index (χ1) is 10.1. The highest BCUT2D eigenvalue weighted by molar-refractivity contribution is 6.09. The predicted molar refractivity (Wildman–Crippen MR) is 84.4 cm³/mol. The lowest BCUT2D eigenvalue weighted by molar-refractivity contribution is 0.101. The Balaban J connectivity index is 1.94. The average Bonchev–Trinajstić information content (AvgIpc) is 2.86. The number of rotatable bonds is 3. The number of hydrogen-bond acceptors (Lipinski definition) is 2. The van der Waals surface area contributed by atoms with Gasteiger partial charge in [0.15, 0.2) is 0 Å². The van der Waals surface area contributed by atoms with Crippen molar-refractivity contribution >= 4 is 5.78 Å². The molecule has 0 fully saturated rings. The highest BCUT2D eigenvalue weighted by atomic mass is 16.1. The second-order valence-electron chi connectivity index (χ2n) is 5.75. The molecule has 108 valence electrons. The minimum atomic E-state index is 0.172. The molecular formula is C18H20N2O. The Hall–Kier alpha value is -2.29. The first-order valence-electron chi connectivity index (χ1n) is 7.29. The van der Waals surface area contributed by atoms with Crippen molar-refractivity contribution in [3.8, 4) is 0 Å². The van der Waals surface area contributed by atoms with Crippen molar-refractivity contribution in [3.05, 3.63) is 71.2 Å². The molecule has 0 aliphatic heterocycles. The first-order valence-corrected chi connectivity index (χ1v) is 7.29. The lowest BCUT2D eigenvalue weighted by atomic mass is 9.92. The van der Waals surface area contributed by atoms with Gasteiger partial charge in [-0.3, -0.25) is 4.79 Å². The molecule has 0 bridgehead atoms. The van der Waals surface area contributed by atoms with E-state index in [0.29, 0.717) is 0 Å². The predicted octanol–water partition coefficient (Wildman–Crippen LogP) is 3.11. The average molecular weight is 280 g/mol. The number of carbonyl (C=O) groups excluding carboxylic acids is 1. The highest BCUT2D eigenvalue weighted by Gasteiger charge is 2.25. The summed E-state index contributed by atoms with van der Waals surface area (Å²) in [6, 6.07) is 12.3. The van der Waals surface area contributed by atoms with Crippen LogP contribution in [0.5, 0.6) is 0 Å². The molecule has 0 amide bonds. The van der Waals surface area contributed by atoms with Crippen LogP contribution in [0.25, 0.3) is 0 Å². The normalized spacial score (nSPS) is 16.1. The molecule has 1 aliphatic carbocycles. The van der Waals surface area contributed by atoms with E-state index in [4.69, 9.17) is 0 Å². The van der Waals surface area contributed by atoms with Gasteiger partial charge in [0.1, 0.15) is 0 Å². The lowest BCUT2D eigenvalue weighted by Crippen LogP contribution is -2.20. The van der Waals surface area contributed by atoms with Crippen LogP contribution in [-0.2, 0) is 13.0 Å². The van der Waals surface area contributed by atoms with Crippen molar-refractivity contribution in [2.75, 3.05) is 14.1 Å². The number of hydrogen-bond donors (Lipinski definition) is 0. The molecule has 0 atom stereocenters. The largest absolute Gasteiger partial charge is 0.383 e. The monoisotopic (exact) mass is 280 g/mol. The van der Waals surface area contributed by atoms with E-state index >= 15 is 0 Å². The number of aryl methyl sites for hydroxylation is 1. The Labute approximate surface area is 125 Å². The van der Waals surface area contributed by atoms with Crippen LogP contribution in [0.4, 0.5) is 0 Å². The third-order valence-corrected chi connectivity index (χ3v) is 3.83. The fourth-order valence-electron chi connectivity index (χ4n) is 2.88. The van der Waals surface area contributed by atoms with Crippen molar-refractivity contribution in [1.82, 2.24) is 9.47 Å². The molecule has 0 saturated heterocycles. The number of fused-ring (bicyclic) bond motifs is 1. The van der Waals surface area contributed by atoms with Crippen LogP contribution < -0.4 is 0 Å². The van der Waals surface area contributed by atoms with Gasteiger partial charge >= 0.3 is 0 Å². The standard InChI is InChI=1S/C18H20N2O/c1-19(2)13-16-9-8-15-10-11-20(17(15)18(16)21)12-14-6-4-3-5-7-14/h3-7,10-11,13H,8-9,12H2,1-2H3. The minimum Gasteiger partial charge on any atom is -0.383 e. The summed E-state index contributed by atoms with van der Waals surface area (Å²) in [5, 5.41) is 0. The number of Topliss-reactive ketones (excluding diaryl/α,β-unsaturated/α-hetero) is 1. The Morgan fingerprint density at radius 2 is 1.90 bits per heavy atom. The van der Waals surface area contributed by atoms with Crippen molar-refractivity contribution in [2.45, 2.75) is 19.4 Å². The lowest BCUT2D eigenvalue weighted by Gasteiger charge is -2.19. The highest BCUT2D eigenvalue weighted by Crippen LogP contribution is 2.26. The second kappa shape index (κ2) is 5.60. The molecule has 3 nitrogen and oxygen atoms in total. The van der Waals surface area contributed by atoms with Crippen LogP contribution in [-0.4, -0.2) is 29.3 Å². The summed E-state index contributed by atoms with van der Waals surface area (Å²) in [5.41, 5.74) is 4.15. The molecule has 3 rings (SSSR count). The van der Waals surface area contributed by atoms with E-state index in [1.807, 2.05) is 49.6 Å². The van der Waals surface area contributed by atoms with E-state index in [1.165, 1.54) is 11.1 Å². The smallest absolute Gasteiger partial charge is 0.207 e. The van der Waals surface area contributed by atoms with Crippen LogP contribution in [0.15, 0.2) is 54.4 Å². The van der Waals surface area contributed by atoms with Gasteiger partial charge in [-0.1, -0.05) is 30.3 Å². The summed E-state index contributed by atoms with van der Waals surface area (Å²) in [7, 11) is 3.91. The number of nitrogens with zero attached hydrogens (tertiary/aromatic N) is 2. The molecule has 1 aromatic carbocycles. The molecule has 21 heavy (non-hydrogen) atoms. The molecule has 1 heterocycles. The molecule has 1 aliphatic rings. The SMILES string of the molecule is CN(C)C=C1CCc2ccn(Cc3ccccc3)c2C1=O. The van der Waals surface area contributed by atoms with E-state index in [2.05, 4.69) is 22.8 Å². The summed E-state index contributed by atoms with van der Waals surface area (Å²) in [4.78, 5) is 14.7. The van der Waals surface area contributed by atoms with Gasteiger partial charge in [0.05, 0.1) is 5.69 Å². The van der Waals surface area contributed by atoms with Gasteiger partial charge in [-0.05, 0) is 30.0 Å². The number of allylic oxidation sites excluding steroid dienone is 1. The van der Waals surface area contributed by atoms with Crippen LogP contribution >= 0.6 is 0 Å². The molecule has 3 heteroatoms. The molecule has 0 saturated carbocycles. The number of aromatic nitrogens is 1. The fourth-order valence-corrected chi connectivity index (χ4v) is 2.88. The molecule has 0 N–H and O–H groups in total. The Kier molecular flexibility index (Phi) is 3.65. The summed E-state index contributed by atoms with van der Waals surface area (Å²) in [6.45, 7) is 0.747. The van der Waals surface area contributed by atoms with Gasteiger partial charge in [-0.25, -0.2) is 0 Å². The van der Waals surface area contributed by atoms with Gasteiger partial charge in [0.25, 0.3) is 0 Å². The Morgan fingerprint density at radius 1 is 1.14 bits per heavy atom. The second-order valence-corrected chi connectivity index (χ2v) is 5.75. The Bertz CT molecular complexity index is 680. The van der Waals surface area contributed by atoms with Crippen molar-refractivity contribution in [2.24, 2.45) is 0 Å². The summed E-state index contributed by atoms with van der Waals surface area (Å²) in [5.74, 6) is 0.172. The minimum absolute atomic E-state index is 0.172. The maximum Gasteiger partial charge on any atom is 0.207 e. The third kappa shape index (κ3) is 2.77. The van der Waals surface area contributed by atoms with Gasteiger partial charge in [-0.2, -0.15) is 0 Å². The zero-order valence-corrected chi connectivity index (χ0v) is 12.5. The van der Waals surface area contributed by atoms with Crippen LogP contribution in [0.2, 0.25) is 0 Å². The Morgan fingerprint density at radius 3 is 2.62 bits per heavy atom. The van der Waals surface area contributed by atoms with E-state index in [-0.39, 0.29) is 5.78 Å². The van der Waals surface area contributed by atoms with Gasteiger partial charge in [0.2, 0.25) is 5.78 Å². The molecule has 2 aromatic rings. The van der Waals surface area contributed by atoms with Gasteiger partial charge in [0, 0.05) is 38.6 Å². The number of ketones is 1. The topological polar surface area (TPSA) is 25.2 Å². The maximum atomic E-state index is 12.7. The zero-order chi connectivity index (χ0) is 14.8. The number of benzene rings is 1. The first kappa shape index (κ1) is 13.7. The fraction of sp³-hybridized carbons (Fsp3) is 0.278. The quantitative estimate of drug-likeness (QED) is 0.807.